The Morgan fingerprint density at radius 3 is 2.04 bits per heavy atom. The smallest absolute Gasteiger partial charge is 0.198 e. The van der Waals surface area contributed by atoms with Crippen molar-refractivity contribution in [3.63, 3.8) is 0 Å². The number of ether oxygens (including phenoxy) is 2. The monoisotopic (exact) mass is 321 g/mol. The minimum atomic E-state index is -0.271. The molecule has 0 saturated heterocycles. The van der Waals surface area contributed by atoms with Gasteiger partial charge in [0.1, 0.15) is 12.0 Å². The van der Waals surface area contributed by atoms with E-state index in [4.69, 9.17) is 9.47 Å². The Bertz CT molecular complexity index is 469. The summed E-state index contributed by atoms with van der Waals surface area (Å²) in [6.07, 6.45) is 1.88. The summed E-state index contributed by atoms with van der Waals surface area (Å²) in [5.41, 5.74) is 2.74. The number of hydrogen-bond acceptors (Lipinski definition) is 3. The maximum atomic E-state index is 6.14. The molecular formula is C20H35NO2. The SMILES string of the molecule is CC(C)Cc1cccc(OC(C)OC(C)N(C)C)c1CC(C)C. The van der Waals surface area contributed by atoms with Gasteiger partial charge in [-0.05, 0) is 69.8 Å². The molecule has 1 aromatic carbocycles. The Labute approximate surface area is 143 Å². The Morgan fingerprint density at radius 2 is 1.52 bits per heavy atom. The van der Waals surface area contributed by atoms with Gasteiger partial charge in [0.05, 0.1) is 0 Å². The molecule has 0 fully saturated rings. The second kappa shape index (κ2) is 9.29. The normalized spacial score (nSPS) is 14.6. The van der Waals surface area contributed by atoms with Gasteiger partial charge in [0.15, 0.2) is 6.29 Å². The van der Waals surface area contributed by atoms with Crippen molar-refractivity contribution < 1.29 is 9.47 Å². The number of nitrogens with zero attached hydrogens (tertiary/aromatic N) is 1. The molecule has 3 nitrogen and oxygen atoms in total. The first kappa shape index (κ1) is 20.0. The van der Waals surface area contributed by atoms with Crippen LogP contribution in [0.25, 0.3) is 0 Å². The molecule has 0 radical (unpaired) electrons. The zero-order valence-electron chi connectivity index (χ0n) is 16.2. The zero-order chi connectivity index (χ0) is 17.6. The third kappa shape index (κ3) is 6.92. The fourth-order valence-electron chi connectivity index (χ4n) is 2.60. The third-order valence-electron chi connectivity index (χ3n) is 3.88. The van der Waals surface area contributed by atoms with Crippen molar-refractivity contribution in [3.05, 3.63) is 29.3 Å². The average molecular weight is 322 g/mol. The van der Waals surface area contributed by atoms with Crippen LogP contribution >= 0.6 is 0 Å². The first-order chi connectivity index (χ1) is 10.7. The van der Waals surface area contributed by atoms with Crippen molar-refractivity contribution in [2.75, 3.05) is 14.1 Å². The van der Waals surface area contributed by atoms with Crippen molar-refractivity contribution in [3.8, 4) is 5.75 Å². The maximum Gasteiger partial charge on any atom is 0.198 e. The van der Waals surface area contributed by atoms with Gasteiger partial charge in [0, 0.05) is 0 Å². The van der Waals surface area contributed by atoms with E-state index in [9.17, 15) is 0 Å². The van der Waals surface area contributed by atoms with E-state index in [1.807, 2.05) is 32.8 Å². The molecule has 0 bridgehead atoms. The highest BCUT2D eigenvalue weighted by atomic mass is 16.7. The average Bonchev–Trinajstić information content (AvgIpc) is 2.41. The van der Waals surface area contributed by atoms with Crippen molar-refractivity contribution in [1.29, 1.82) is 0 Å². The van der Waals surface area contributed by atoms with Gasteiger partial charge in [-0.25, -0.2) is 0 Å². The molecule has 0 aliphatic carbocycles. The van der Waals surface area contributed by atoms with E-state index in [0.29, 0.717) is 11.8 Å². The van der Waals surface area contributed by atoms with E-state index < -0.39 is 0 Å². The van der Waals surface area contributed by atoms with Gasteiger partial charge in [-0.2, -0.15) is 0 Å². The lowest BCUT2D eigenvalue weighted by atomic mass is 9.92. The summed E-state index contributed by atoms with van der Waals surface area (Å²) in [7, 11) is 4.01. The van der Waals surface area contributed by atoms with Crippen LogP contribution < -0.4 is 4.74 Å². The van der Waals surface area contributed by atoms with Crippen LogP contribution in [0.3, 0.4) is 0 Å². The molecular weight excluding hydrogens is 286 g/mol. The lowest BCUT2D eigenvalue weighted by Crippen LogP contribution is -2.33. The van der Waals surface area contributed by atoms with Gasteiger partial charge in [-0.1, -0.05) is 39.8 Å². The summed E-state index contributed by atoms with van der Waals surface area (Å²) < 4.78 is 12.0. The molecule has 132 valence electrons. The standard InChI is InChI=1S/C20H35NO2/c1-14(2)12-18-10-9-11-20(19(18)13-15(3)4)23-17(6)22-16(5)21(7)8/h9-11,14-17H,12-13H2,1-8H3. The number of benzene rings is 1. The molecule has 23 heavy (non-hydrogen) atoms. The second-order valence-electron chi connectivity index (χ2n) is 7.47. The number of rotatable bonds is 9. The molecule has 2 atom stereocenters. The molecule has 2 unspecified atom stereocenters. The van der Waals surface area contributed by atoms with E-state index >= 15 is 0 Å². The molecule has 0 N–H and O–H groups in total. The predicted molar refractivity (Wildman–Crippen MR) is 97.9 cm³/mol. The van der Waals surface area contributed by atoms with Gasteiger partial charge in [0.2, 0.25) is 0 Å². The van der Waals surface area contributed by atoms with Crippen LogP contribution in [0.2, 0.25) is 0 Å². The number of hydrogen-bond donors (Lipinski definition) is 0. The van der Waals surface area contributed by atoms with E-state index in [2.05, 4.69) is 45.9 Å². The molecule has 0 aromatic heterocycles. The zero-order valence-corrected chi connectivity index (χ0v) is 16.2. The van der Waals surface area contributed by atoms with E-state index in [1.165, 1.54) is 11.1 Å². The Hall–Kier alpha value is -1.06. The maximum absolute atomic E-state index is 6.14. The van der Waals surface area contributed by atoms with Crippen LogP contribution in [0.1, 0.15) is 52.7 Å². The summed E-state index contributed by atoms with van der Waals surface area (Å²) >= 11 is 0. The van der Waals surface area contributed by atoms with Crippen molar-refractivity contribution >= 4 is 0 Å². The van der Waals surface area contributed by atoms with Gasteiger partial charge in [0.25, 0.3) is 0 Å². The van der Waals surface area contributed by atoms with E-state index in [-0.39, 0.29) is 12.5 Å². The Kier molecular flexibility index (Phi) is 8.07. The summed E-state index contributed by atoms with van der Waals surface area (Å²) in [5, 5.41) is 0. The lowest BCUT2D eigenvalue weighted by molar-refractivity contribution is -0.143. The lowest BCUT2D eigenvalue weighted by Gasteiger charge is -2.26. The minimum Gasteiger partial charge on any atom is -0.465 e. The largest absolute Gasteiger partial charge is 0.465 e. The molecule has 0 spiro atoms. The summed E-state index contributed by atoms with van der Waals surface area (Å²) in [6.45, 7) is 13.0. The van der Waals surface area contributed by atoms with Crippen molar-refractivity contribution in [2.45, 2.75) is 66.9 Å². The van der Waals surface area contributed by atoms with Gasteiger partial charge in [-0.15, -0.1) is 0 Å². The Morgan fingerprint density at radius 1 is 0.913 bits per heavy atom. The fraction of sp³-hybridized carbons (Fsp3) is 0.700. The molecule has 0 aliphatic heterocycles. The second-order valence-corrected chi connectivity index (χ2v) is 7.47. The molecule has 1 rings (SSSR count). The molecule has 1 aromatic rings. The highest BCUT2D eigenvalue weighted by molar-refractivity contribution is 5.41. The molecule has 0 saturated carbocycles. The fourth-order valence-corrected chi connectivity index (χ4v) is 2.60. The highest BCUT2D eigenvalue weighted by Crippen LogP contribution is 2.28. The molecule has 0 heterocycles. The van der Waals surface area contributed by atoms with Crippen LogP contribution in [0.5, 0.6) is 5.75 Å². The summed E-state index contributed by atoms with van der Waals surface area (Å²) in [4.78, 5) is 2.03. The van der Waals surface area contributed by atoms with E-state index in [1.54, 1.807) is 0 Å². The topological polar surface area (TPSA) is 21.7 Å². The van der Waals surface area contributed by atoms with Gasteiger partial charge < -0.3 is 9.47 Å². The van der Waals surface area contributed by atoms with Crippen LogP contribution in [-0.4, -0.2) is 31.5 Å². The first-order valence-electron chi connectivity index (χ1n) is 8.80. The van der Waals surface area contributed by atoms with Crippen molar-refractivity contribution in [1.82, 2.24) is 4.90 Å². The first-order valence-corrected chi connectivity index (χ1v) is 8.80. The Balaban J connectivity index is 2.95. The molecule has 0 amide bonds. The minimum absolute atomic E-state index is 0.0254. The van der Waals surface area contributed by atoms with Gasteiger partial charge in [-0.3, -0.25) is 4.90 Å². The van der Waals surface area contributed by atoms with Crippen LogP contribution in [-0.2, 0) is 17.6 Å². The third-order valence-corrected chi connectivity index (χ3v) is 3.88. The molecule has 3 heteroatoms. The van der Waals surface area contributed by atoms with Crippen LogP contribution in [0.4, 0.5) is 0 Å². The highest BCUT2D eigenvalue weighted by Gasteiger charge is 2.16. The predicted octanol–water partition coefficient (Wildman–Crippen LogP) is 4.73. The summed E-state index contributed by atoms with van der Waals surface area (Å²) in [6, 6.07) is 6.40. The van der Waals surface area contributed by atoms with Crippen molar-refractivity contribution in [2.24, 2.45) is 11.8 Å². The summed E-state index contributed by atoms with van der Waals surface area (Å²) in [5.74, 6) is 2.21. The van der Waals surface area contributed by atoms with Crippen LogP contribution in [0, 0.1) is 11.8 Å². The quantitative estimate of drug-likeness (QED) is 0.614. The van der Waals surface area contributed by atoms with Crippen LogP contribution in [0.15, 0.2) is 18.2 Å². The van der Waals surface area contributed by atoms with Gasteiger partial charge >= 0.3 is 0 Å². The van der Waals surface area contributed by atoms with E-state index in [0.717, 1.165) is 18.6 Å². The molecule has 0 aliphatic rings.